The van der Waals surface area contributed by atoms with Gasteiger partial charge < -0.3 is 9.88 Å². The van der Waals surface area contributed by atoms with E-state index >= 15 is 0 Å². The Kier molecular flexibility index (Phi) is 2.21. The molecular formula is C12H16N2. The van der Waals surface area contributed by atoms with E-state index in [-0.39, 0.29) is 0 Å². The van der Waals surface area contributed by atoms with E-state index in [1.165, 1.54) is 5.39 Å². The van der Waals surface area contributed by atoms with Gasteiger partial charge in [0.2, 0.25) is 0 Å². The molecule has 1 aromatic heterocycles. The summed E-state index contributed by atoms with van der Waals surface area (Å²) in [5.41, 5.74) is 2.19. The smallest absolute Gasteiger partial charge is 0.0819 e. The maximum absolute atomic E-state index is 7.87. The maximum Gasteiger partial charge on any atom is 0.0819 e. The van der Waals surface area contributed by atoms with Crippen molar-refractivity contribution in [3.63, 3.8) is 0 Å². The van der Waals surface area contributed by atoms with Gasteiger partial charge in [-0.25, -0.2) is 0 Å². The molecule has 0 fully saturated rings. The Labute approximate surface area is 85.9 Å². The normalized spacial score (nSPS) is 12.4. The van der Waals surface area contributed by atoms with Gasteiger partial charge >= 0.3 is 0 Å². The van der Waals surface area contributed by atoms with Crippen LogP contribution >= 0.6 is 0 Å². The molecule has 2 aromatic rings. The van der Waals surface area contributed by atoms with Crippen LogP contribution in [0.2, 0.25) is 0 Å². The van der Waals surface area contributed by atoms with Crippen molar-refractivity contribution in [2.45, 2.75) is 6.42 Å². The highest BCUT2D eigenvalue weighted by Gasteiger charge is 2.02. The summed E-state index contributed by atoms with van der Waals surface area (Å²) in [4.78, 5) is 5.24. The molecule has 0 amide bonds. The molecule has 74 valence electrons. The first kappa shape index (κ1) is 8.06. The van der Waals surface area contributed by atoms with E-state index in [1.54, 1.807) is 0 Å². The quantitative estimate of drug-likeness (QED) is 0.784. The van der Waals surface area contributed by atoms with Crippen molar-refractivity contribution in [3.05, 3.63) is 36.0 Å². The molecule has 0 bridgehead atoms. The molecule has 14 heavy (non-hydrogen) atoms. The number of H-pyrrole nitrogens is 1. The van der Waals surface area contributed by atoms with Crippen LogP contribution in [0.15, 0.2) is 30.4 Å². The third kappa shape index (κ3) is 1.80. The summed E-state index contributed by atoms with van der Waals surface area (Å²) in [6.07, 6.45) is 1.48. The molecule has 0 atom stereocenters. The van der Waals surface area contributed by atoms with Crippen molar-refractivity contribution in [1.29, 1.82) is 0 Å². The van der Waals surface area contributed by atoms with Crippen LogP contribution in [0.4, 0.5) is 0 Å². The molecule has 1 N–H and O–H groups in total. The lowest BCUT2D eigenvalue weighted by Gasteiger charge is -2.07. The van der Waals surface area contributed by atoms with Crippen LogP contribution in [0.3, 0.4) is 0 Å². The summed E-state index contributed by atoms with van der Waals surface area (Å²) in [5, 5.41) is 1.18. The van der Waals surface area contributed by atoms with E-state index in [1.807, 2.05) is 18.2 Å². The van der Waals surface area contributed by atoms with Gasteiger partial charge in [0, 0.05) is 23.6 Å². The summed E-state index contributed by atoms with van der Waals surface area (Å²) in [6, 6.07) is 8.12. The second-order valence-corrected chi connectivity index (χ2v) is 3.83. The number of rotatable bonds is 3. The number of fused-ring (bicyclic) bond motifs is 1. The molecule has 2 rings (SSSR count). The Bertz CT molecular complexity index is 460. The van der Waals surface area contributed by atoms with Crippen molar-refractivity contribution < 1.29 is 1.37 Å². The van der Waals surface area contributed by atoms with Crippen molar-refractivity contribution in [2.24, 2.45) is 0 Å². The first-order chi connectivity index (χ1) is 7.18. The lowest BCUT2D eigenvalue weighted by molar-refractivity contribution is 0.414. The lowest BCUT2D eigenvalue weighted by Crippen LogP contribution is -2.14. The summed E-state index contributed by atoms with van der Waals surface area (Å²) in [6.45, 7) is 0.980. The van der Waals surface area contributed by atoms with Crippen LogP contribution in [0, 0.1) is 0 Å². The number of aromatic amines is 1. The van der Waals surface area contributed by atoms with Crippen LogP contribution in [-0.4, -0.2) is 30.5 Å². The summed E-state index contributed by atoms with van der Waals surface area (Å²) in [7, 11) is 4.11. The van der Waals surface area contributed by atoms with Crippen LogP contribution in [-0.2, 0) is 6.42 Å². The molecular weight excluding hydrogens is 172 g/mol. The molecule has 1 aromatic carbocycles. The number of likely N-dealkylation sites (N-methyl/N-ethyl adjacent to an activating group) is 1. The van der Waals surface area contributed by atoms with E-state index in [9.17, 15) is 0 Å². The van der Waals surface area contributed by atoms with Gasteiger partial charge in [0.05, 0.1) is 1.37 Å². The highest BCUT2D eigenvalue weighted by molar-refractivity contribution is 5.83. The zero-order valence-electron chi connectivity index (χ0n) is 9.67. The van der Waals surface area contributed by atoms with Crippen molar-refractivity contribution in [2.75, 3.05) is 20.6 Å². The van der Waals surface area contributed by atoms with Gasteiger partial charge in [-0.05, 0) is 32.1 Å². The minimum atomic E-state index is 0.554. The molecule has 0 aliphatic rings. The maximum atomic E-state index is 7.87. The fraction of sp³-hybridized carbons (Fsp3) is 0.333. The van der Waals surface area contributed by atoms with E-state index in [0.29, 0.717) is 6.17 Å². The second kappa shape index (κ2) is 3.84. The number of aromatic nitrogens is 1. The SMILES string of the molecule is [2H]c1[nH]c2ccccc2c1CCN(C)C. The van der Waals surface area contributed by atoms with Crippen LogP contribution in [0.1, 0.15) is 6.93 Å². The fourth-order valence-electron chi connectivity index (χ4n) is 1.60. The molecule has 0 saturated carbocycles. The minimum absolute atomic E-state index is 0.554. The largest absolute Gasteiger partial charge is 0.361 e. The topological polar surface area (TPSA) is 19.0 Å². The standard InChI is InChI=1S/C12H16N2/c1-14(2)8-7-10-9-13-12-6-4-3-5-11(10)12/h3-6,9,13H,7-8H2,1-2H3/i9D. The van der Waals surface area contributed by atoms with Gasteiger partial charge in [-0.3, -0.25) is 0 Å². The predicted molar refractivity (Wildman–Crippen MR) is 60.6 cm³/mol. The van der Waals surface area contributed by atoms with Crippen molar-refractivity contribution >= 4 is 10.9 Å². The van der Waals surface area contributed by atoms with Crippen LogP contribution in [0.25, 0.3) is 10.9 Å². The predicted octanol–water partition coefficient (Wildman–Crippen LogP) is 2.27. The number of para-hydroxylation sites is 1. The van der Waals surface area contributed by atoms with Gasteiger partial charge in [-0.2, -0.15) is 0 Å². The van der Waals surface area contributed by atoms with E-state index < -0.39 is 0 Å². The van der Waals surface area contributed by atoms with Gasteiger partial charge in [0.1, 0.15) is 0 Å². The number of benzene rings is 1. The average Bonchev–Trinajstić information content (AvgIpc) is 2.50. The summed E-state index contributed by atoms with van der Waals surface area (Å²) in [5.74, 6) is 0. The minimum Gasteiger partial charge on any atom is -0.361 e. The van der Waals surface area contributed by atoms with Gasteiger partial charge in [0.15, 0.2) is 0 Å². The van der Waals surface area contributed by atoms with Crippen LogP contribution < -0.4 is 0 Å². The van der Waals surface area contributed by atoms with Crippen molar-refractivity contribution in [3.8, 4) is 0 Å². The summed E-state index contributed by atoms with van der Waals surface area (Å²) < 4.78 is 7.87. The molecule has 0 aliphatic carbocycles. The third-order valence-electron chi connectivity index (χ3n) is 2.41. The monoisotopic (exact) mass is 189 g/mol. The summed E-state index contributed by atoms with van der Waals surface area (Å²) >= 11 is 0. The zero-order valence-corrected chi connectivity index (χ0v) is 8.67. The molecule has 0 radical (unpaired) electrons. The average molecular weight is 189 g/mol. The fourth-order valence-corrected chi connectivity index (χ4v) is 1.60. The van der Waals surface area contributed by atoms with E-state index in [4.69, 9.17) is 1.37 Å². The molecule has 0 spiro atoms. The van der Waals surface area contributed by atoms with Crippen LogP contribution in [0.5, 0.6) is 0 Å². The van der Waals surface area contributed by atoms with Crippen molar-refractivity contribution in [1.82, 2.24) is 9.88 Å². The van der Waals surface area contributed by atoms with Gasteiger partial charge in [-0.1, -0.05) is 18.2 Å². The van der Waals surface area contributed by atoms with Gasteiger partial charge in [-0.15, -0.1) is 0 Å². The van der Waals surface area contributed by atoms with E-state index in [2.05, 4.69) is 30.0 Å². The third-order valence-corrected chi connectivity index (χ3v) is 2.41. The first-order valence-electron chi connectivity index (χ1n) is 5.39. The molecule has 1 heterocycles. The lowest BCUT2D eigenvalue weighted by atomic mass is 10.1. The Morgan fingerprint density at radius 2 is 2.14 bits per heavy atom. The molecule has 2 heteroatoms. The number of hydrogen-bond acceptors (Lipinski definition) is 1. The van der Waals surface area contributed by atoms with E-state index in [0.717, 1.165) is 24.0 Å². The Hall–Kier alpha value is -1.28. The first-order valence-corrected chi connectivity index (χ1v) is 4.89. The molecule has 2 nitrogen and oxygen atoms in total. The highest BCUT2D eigenvalue weighted by atomic mass is 15.0. The number of nitrogens with one attached hydrogen (secondary N) is 1. The number of hydrogen-bond donors (Lipinski definition) is 1. The Morgan fingerprint density at radius 1 is 1.36 bits per heavy atom. The Balaban J connectivity index is 2.36. The Morgan fingerprint density at radius 3 is 2.93 bits per heavy atom. The molecule has 0 aliphatic heterocycles. The molecule has 0 saturated heterocycles. The second-order valence-electron chi connectivity index (χ2n) is 3.83. The highest BCUT2D eigenvalue weighted by Crippen LogP contribution is 2.17. The molecule has 0 unspecified atom stereocenters. The number of nitrogens with zero attached hydrogens (tertiary/aromatic N) is 1. The zero-order chi connectivity index (χ0) is 10.8. The van der Waals surface area contributed by atoms with Gasteiger partial charge in [0.25, 0.3) is 0 Å².